The monoisotopic (exact) mass is 403 g/mol. The fraction of sp³-hybridized carbons (Fsp3) is 0.167. The molecule has 4 aromatic rings. The number of imidazole rings is 1. The predicted octanol–water partition coefficient (Wildman–Crippen LogP) is 5.30. The molecule has 1 heterocycles. The van der Waals surface area contributed by atoms with Crippen LogP contribution in [0, 0.1) is 0 Å². The van der Waals surface area contributed by atoms with Gasteiger partial charge >= 0.3 is 0 Å². The predicted molar refractivity (Wildman–Crippen MR) is 120 cm³/mol. The number of nitrogens with zero attached hydrogens (tertiary/aromatic N) is 2. The van der Waals surface area contributed by atoms with Crippen LogP contribution in [0.3, 0.4) is 0 Å². The Hall–Kier alpha value is -3.11. The average molecular weight is 404 g/mol. The zero-order valence-corrected chi connectivity index (χ0v) is 17.2. The molecule has 5 heteroatoms. The first-order chi connectivity index (χ1) is 14.0. The number of para-hydroxylation sites is 2. The summed E-state index contributed by atoms with van der Waals surface area (Å²) < 4.78 is 0. The molecule has 0 saturated carbocycles. The van der Waals surface area contributed by atoms with Crippen LogP contribution in [0.15, 0.2) is 66.7 Å². The molecular formula is C24H22ClN3O. The maximum atomic E-state index is 12.6. The van der Waals surface area contributed by atoms with Crippen LogP contribution in [0.5, 0.6) is 0 Å². The molecule has 29 heavy (non-hydrogen) atoms. The zero-order valence-electron chi connectivity index (χ0n) is 16.4. The molecule has 0 aliphatic carbocycles. The number of rotatable bonds is 6. The first-order valence-electron chi connectivity index (χ1n) is 9.51. The minimum atomic E-state index is 0.167. The largest absolute Gasteiger partial charge is 0.378 e. The summed E-state index contributed by atoms with van der Waals surface area (Å²) in [5.74, 6) is 0.880. The van der Waals surface area contributed by atoms with E-state index in [1.807, 2.05) is 85.7 Å². The Labute approximate surface area is 175 Å². The lowest BCUT2D eigenvalue weighted by molar-refractivity contribution is -0.117. The molecule has 0 unspecified atom stereocenters. The summed E-state index contributed by atoms with van der Waals surface area (Å²) in [6.07, 6.45) is 0.774. The molecule has 0 aliphatic rings. The first kappa shape index (κ1) is 19.2. The van der Waals surface area contributed by atoms with Gasteiger partial charge in [-0.15, -0.1) is 0 Å². The number of benzene rings is 3. The Morgan fingerprint density at radius 1 is 0.966 bits per heavy atom. The van der Waals surface area contributed by atoms with E-state index in [0.29, 0.717) is 23.7 Å². The molecule has 1 aromatic heterocycles. The van der Waals surface area contributed by atoms with Crippen LogP contribution in [0.2, 0.25) is 5.02 Å². The quantitative estimate of drug-likeness (QED) is 0.475. The van der Waals surface area contributed by atoms with Crippen molar-refractivity contribution in [2.45, 2.75) is 12.8 Å². The van der Waals surface area contributed by atoms with Gasteiger partial charge in [-0.2, -0.15) is 0 Å². The normalized spacial score (nSPS) is 11.0. The number of aromatic nitrogens is 2. The van der Waals surface area contributed by atoms with Crippen molar-refractivity contribution in [1.29, 1.82) is 0 Å². The third kappa shape index (κ3) is 4.33. The standard InChI is InChI=1S/C24H22ClN3O/c1-28(2)18-10-7-16(8-11-18)13-19(29)14-17-9-12-21(25)20(15-17)24-26-22-5-3-4-6-23(22)27-24/h3-12,15H,13-14H2,1-2H3,(H,26,27). The molecule has 146 valence electrons. The Morgan fingerprint density at radius 3 is 2.38 bits per heavy atom. The Kier molecular flexibility index (Phi) is 5.36. The fourth-order valence-corrected chi connectivity index (χ4v) is 3.58. The van der Waals surface area contributed by atoms with Crippen molar-refractivity contribution in [3.8, 4) is 11.4 Å². The van der Waals surface area contributed by atoms with E-state index in [1.54, 1.807) is 0 Å². The van der Waals surface area contributed by atoms with Crippen molar-refractivity contribution in [2.24, 2.45) is 0 Å². The van der Waals surface area contributed by atoms with Gasteiger partial charge < -0.3 is 9.88 Å². The van der Waals surface area contributed by atoms with Gasteiger partial charge in [-0.25, -0.2) is 4.98 Å². The van der Waals surface area contributed by atoms with Crippen LogP contribution in [0.1, 0.15) is 11.1 Å². The van der Waals surface area contributed by atoms with E-state index in [0.717, 1.165) is 33.4 Å². The lowest BCUT2D eigenvalue weighted by atomic mass is 10.0. The van der Waals surface area contributed by atoms with Crippen molar-refractivity contribution < 1.29 is 4.79 Å². The smallest absolute Gasteiger partial charge is 0.141 e. The Bertz CT molecular complexity index is 1130. The summed E-state index contributed by atoms with van der Waals surface area (Å²) >= 11 is 6.42. The maximum absolute atomic E-state index is 12.6. The number of H-pyrrole nitrogens is 1. The molecule has 0 radical (unpaired) electrons. The molecule has 0 amide bonds. The summed E-state index contributed by atoms with van der Waals surface area (Å²) in [6, 6.07) is 21.6. The maximum Gasteiger partial charge on any atom is 0.141 e. The van der Waals surface area contributed by atoms with E-state index < -0.39 is 0 Å². The second-order valence-corrected chi connectivity index (χ2v) is 7.78. The number of nitrogens with one attached hydrogen (secondary N) is 1. The third-order valence-corrected chi connectivity index (χ3v) is 5.26. The molecular weight excluding hydrogens is 382 g/mol. The minimum absolute atomic E-state index is 0.167. The van der Waals surface area contributed by atoms with Gasteiger partial charge in [0.1, 0.15) is 11.6 Å². The average Bonchev–Trinajstić information content (AvgIpc) is 3.14. The number of hydrogen-bond acceptors (Lipinski definition) is 3. The van der Waals surface area contributed by atoms with Crippen molar-refractivity contribution >= 4 is 34.1 Å². The minimum Gasteiger partial charge on any atom is -0.378 e. The Balaban J connectivity index is 1.51. The topological polar surface area (TPSA) is 49.0 Å². The highest BCUT2D eigenvalue weighted by molar-refractivity contribution is 6.33. The molecule has 1 N–H and O–H groups in total. The number of ketones is 1. The summed E-state index contributed by atoms with van der Waals surface area (Å²) in [7, 11) is 4.00. The van der Waals surface area contributed by atoms with Crippen molar-refractivity contribution in [2.75, 3.05) is 19.0 Å². The van der Waals surface area contributed by atoms with Gasteiger partial charge in [-0.1, -0.05) is 41.9 Å². The van der Waals surface area contributed by atoms with Gasteiger partial charge in [0.2, 0.25) is 0 Å². The van der Waals surface area contributed by atoms with E-state index in [4.69, 9.17) is 11.6 Å². The molecule has 0 saturated heterocycles. The molecule has 0 spiro atoms. The number of fused-ring (bicyclic) bond motifs is 1. The van der Waals surface area contributed by atoms with E-state index in [9.17, 15) is 4.79 Å². The number of anilines is 1. The van der Waals surface area contributed by atoms with Gasteiger partial charge in [-0.05, 0) is 47.5 Å². The number of halogens is 1. The first-order valence-corrected chi connectivity index (χ1v) is 9.89. The van der Waals surface area contributed by atoms with Crippen LogP contribution in [0.25, 0.3) is 22.4 Å². The lowest BCUT2D eigenvalue weighted by Gasteiger charge is -2.12. The molecule has 0 atom stereocenters. The van der Waals surface area contributed by atoms with Gasteiger partial charge in [-0.3, -0.25) is 4.79 Å². The van der Waals surface area contributed by atoms with Gasteiger partial charge in [0.15, 0.2) is 0 Å². The lowest BCUT2D eigenvalue weighted by Crippen LogP contribution is -2.09. The number of carbonyl (C=O) groups excluding carboxylic acids is 1. The van der Waals surface area contributed by atoms with Crippen molar-refractivity contribution in [3.05, 3.63) is 82.9 Å². The number of Topliss-reactive ketones (excluding diaryl/α,β-unsaturated/α-hetero) is 1. The van der Waals surface area contributed by atoms with Gasteiger partial charge in [0.05, 0.1) is 16.1 Å². The van der Waals surface area contributed by atoms with Crippen molar-refractivity contribution in [1.82, 2.24) is 9.97 Å². The van der Waals surface area contributed by atoms with Crippen molar-refractivity contribution in [3.63, 3.8) is 0 Å². The van der Waals surface area contributed by atoms with Crippen LogP contribution >= 0.6 is 11.6 Å². The molecule has 0 bridgehead atoms. The summed E-state index contributed by atoms with van der Waals surface area (Å²) in [4.78, 5) is 22.6. The van der Waals surface area contributed by atoms with Crippen LogP contribution in [-0.4, -0.2) is 29.8 Å². The summed E-state index contributed by atoms with van der Waals surface area (Å²) in [5.41, 5.74) is 5.73. The highest BCUT2D eigenvalue weighted by Gasteiger charge is 2.12. The highest BCUT2D eigenvalue weighted by atomic mass is 35.5. The fourth-order valence-electron chi connectivity index (χ4n) is 3.37. The third-order valence-electron chi connectivity index (χ3n) is 4.93. The van der Waals surface area contributed by atoms with Crippen LogP contribution < -0.4 is 4.90 Å². The summed E-state index contributed by atoms with van der Waals surface area (Å²) in [6.45, 7) is 0. The molecule has 3 aromatic carbocycles. The van der Waals surface area contributed by atoms with E-state index in [1.165, 1.54) is 0 Å². The van der Waals surface area contributed by atoms with E-state index in [2.05, 4.69) is 9.97 Å². The summed E-state index contributed by atoms with van der Waals surface area (Å²) in [5, 5.41) is 0.611. The molecule has 0 aliphatic heterocycles. The second-order valence-electron chi connectivity index (χ2n) is 7.37. The SMILES string of the molecule is CN(C)c1ccc(CC(=O)Cc2ccc(Cl)c(-c3nc4ccccc4[nH]3)c2)cc1. The van der Waals surface area contributed by atoms with E-state index in [-0.39, 0.29) is 5.78 Å². The zero-order chi connectivity index (χ0) is 20.4. The Morgan fingerprint density at radius 2 is 1.66 bits per heavy atom. The van der Waals surface area contributed by atoms with Gasteiger partial charge in [0, 0.05) is 38.2 Å². The van der Waals surface area contributed by atoms with Crippen LogP contribution in [-0.2, 0) is 17.6 Å². The number of carbonyl (C=O) groups is 1. The van der Waals surface area contributed by atoms with Crippen LogP contribution in [0.4, 0.5) is 5.69 Å². The number of aromatic amines is 1. The van der Waals surface area contributed by atoms with Gasteiger partial charge in [0.25, 0.3) is 0 Å². The molecule has 4 nitrogen and oxygen atoms in total. The molecule has 4 rings (SSSR count). The highest BCUT2D eigenvalue weighted by Crippen LogP contribution is 2.29. The number of hydrogen-bond donors (Lipinski definition) is 1. The van der Waals surface area contributed by atoms with E-state index >= 15 is 0 Å². The molecule has 0 fully saturated rings. The second kappa shape index (κ2) is 8.10.